The average Bonchev–Trinajstić information content (AvgIpc) is 2.36. The molecular formula is C14H28N2O. The maximum absolute atomic E-state index is 11.7. The van der Waals surface area contributed by atoms with Crippen LogP contribution in [0.2, 0.25) is 0 Å². The SMILES string of the molecule is CCCNC(=O)C(C)NC(C)C1CCCCC1. The lowest BCUT2D eigenvalue weighted by Gasteiger charge is -2.30. The van der Waals surface area contributed by atoms with Gasteiger partial charge in [0.25, 0.3) is 0 Å². The summed E-state index contributed by atoms with van der Waals surface area (Å²) < 4.78 is 0. The number of carbonyl (C=O) groups is 1. The molecule has 0 heterocycles. The highest BCUT2D eigenvalue weighted by Gasteiger charge is 2.23. The summed E-state index contributed by atoms with van der Waals surface area (Å²) in [4.78, 5) is 11.7. The molecule has 0 radical (unpaired) electrons. The second-order valence-electron chi connectivity index (χ2n) is 5.37. The third kappa shape index (κ3) is 5.07. The van der Waals surface area contributed by atoms with Crippen LogP contribution >= 0.6 is 0 Å². The fourth-order valence-corrected chi connectivity index (χ4v) is 2.64. The molecule has 3 nitrogen and oxygen atoms in total. The van der Waals surface area contributed by atoms with Crippen LogP contribution in [0.15, 0.2) is 0 Å². The standard InChI is InChI=1S/C14H28N2O/c1-4-10-15-14(17)12(3)16-11(2)13-8-6-5-7-9-13/h11-13,16H,4-10H2,1-3H3,(H,15,17). The van der Waals surface area contributed by atoms with Gasteiger partial charge in [-0.1, -0.05) is 26.2 Å². The molecule has 1 aliphatic rings. The van der Waals surface area contributed by atoms with Crippen LogP contribution in [0.1, 0.15) is 59.3 Å². The predicted molar refractivity (Wildman–Crippen MR) is 71.9 cm³/mol. The number of carbonyl (C=O) groups excluding carboxylic acids is 1. The predicted octanol–water partition coefficient (Wildman–Crippen LogP) is 2.46. The second kappa shape index (κ2) is 7.70. The van der Waals surface area contributed by atoms with Crippen LogP contribution < -0.4 is 10.6 Å². The molecule has 2 atom stereocenters. The summed E-state index contributed by atoms with van der Waals surface area (Å²) in [5.74, 6) is 0.889. The zero-order valence-electron chi connectivity index (χ0n) is 11.6. The summed E-state index contributed by atoms with van der Waals surface area (Å²) in [5.41, 5.74) is 0. The molecule has 0 aromatic rings. The molecule has 1 rings (SSSR count). The molecule has 2 unspecified atom stereocenters. The highest BCUT2D eigenvalue weighted by molar-refractivity contribution is 5.81. The van der Waals surface area contributed by atoms with Gasteiger partial charge in [-0.15, -0.1) is 0 Å². The molecule has 3 heteroatoms. The van der Waals surface area contributed by atoms with Crippen LogP contribution in [0, 0.1) is 5.92 Å². The molecule has 0 aromatic carbocycles. The van der Waals surface area contributed by atoms with Gasteiger partial charge in [-0.2, -0.15) is 0 Å². The van der Waals surface area contributed by atoms with Gasteiger partial charge in [0.1, 0.15) is 0 Å². The van der Waals surface area contributed by atoms with Crippen LogP contribution in [-0.4, -0.2) is 24.5 Å². The topological polar surface area (TPSA) is 41.1 Å². The monoisotopic (exact) mass is 240 g/mol. The fourth-order valence-electron chi connectivity index (χ4n) is 2.64. The lowest BCUT2D eigenvalue weighted by molar-refractivity contribution is -0.123. The fraction of sp³-hybridized carbons (Fsp3) is 0.929. The molecule has 2 N–H and O–H groups in total. The third-order valence-electron chi connectivity index (χ3n) is 3.81. The number of amides is 1. The summed E-state index contributed by atoms with van der Waals surface area (Å²) in [6.45, 7) is 7.04. The van der Waals surface area contributed by atoms with Crippen molar-refractivity contribution < 1.29 is 4.79 Å². The van der Waals surface area contributed by atoms with Crippen molar-refractivity contribution in [2.45, 2.75) is 71.4 Å². The number of rotatable bonds is 6. The number of nitrogens with one attached hydrogen (secondary N) is 2. The van der Waals surface area contributed by atoms with E-state index in [-0.39, 0.29) is 11.9 Å². The van der Waals surface area contributed by atoms with Crippen LogP contribution in [0.3, 0.4) is 0 Å². The van der Waals surface area contributed by atoms with E-state index in [0.717, 1.165) is 18.9 Å². The van der Waals surface area contributed by atoms with E-state index < -0.39 is 0 Å². The Morgan fingerprint density at radius 2 is 1.88 bits per heavy atom. The largest absolute Gasteiger partial charge is 0.355 e. The van der Waals surface area contributed by atoms with Gasteiger partial charge in [-0.05, 0) is 39.0 Å². The molecule has 0 spiro atoms. The Labute approximate surface area is 106 Å². The highest BCUT2D eigenvalue weighted by atomic mass is 16.2. The van der Waals surface area contributed by atoms with Crippen LogP contribution in [0.5, 0.6) is 0 Å². The quantitative estimate of drug-likeness (QED) is 0.749. The van der Waals surface area contributed by atoms with Crippen LogP contribution in [0.4, 0.5) is 0 Å². The molecule has 0 aliphatic heterocycles. The van der Waals surface area contributed by atoms with E-state index in [1.165, 1.54) is 32.1 Å². The van der Waals surface area contributed by atoms with Gasteiger partial charge in [0, 0.05) is 12.6 Å². The molecular weight excluding hydrogens is 212 g/mol. The van der Waals surface area contributed by atoms with E-state index in [2.05, 4.69) is 24.5 Å². The first kappa shape index (κ1) is 14.5. The lowest BCUT2D eigenvalue weighted by Crippen LogP contribution is -2.48. The van der Waals surface area contributed by atoms with Gasteiger partial charge in [0.2, 0.25) is 5.91 Å². The molecule has 0 aromatic heterocycles. The first-order chi connectivity index (χ1) is 8.15. The number of hydrogen-bond acceptors (Lipinski definition) is 2. The van der Waals surface area contributed by atoms with E-state index in [4.69, 9.17) is 0 Å². The van der Waals surface area contributed by atoms with Crippen molar-refractivity contribution in [3.63, 3.8) is 0 Å². The molecule has 1 amide bonds. The molecule has 17 heavy (non-hydrogen) atoms. The van der Waals surface area contributed by atoms with Gasteiger partial charge in [0.05, 0.1) is 6.04 Å². The van der Waals surface area contributed by atoms with Crippen molar-refractivity contribution in [3.8, 4) is 0 Å². The van der Waals surface area contributed by atoms with Crippen molar-refractivity contribution in [2.75, 3.05) is 6.54 Å². The Morgan fingerprint density at radius 3 is 2.47 bits per heavy atom. The minimum Gasteiger partial charge on any atom is -0.355 e. The smallest absolute Gasteiger partial charge is 0.236 e. The van der Waals surface area contributed by atoms with Crippen molar-refractivity contribution in [3.05, 3.63) is 0 Å². The zero-order valence-corrected chi connectivity index (χ0v) is 11.6. The van der Waals surface area contributed by atoms with Gasteiger partial charge < -0.3 is 10.6 Å². The Bertz CT molecular complexity index is 224. The lowest BCUT2D eigenvalue weighted by atomic mass is 9.84. The molecule has 1 fully saturated rings. The van der Waals surface area contributed by atoms with E-state index in [0.29, 0.717) is 6.04 Å². The maximum Gasteiger partial charge on any atom is 0.236 e. The maximum atomic E-state index is 11.7. The summed E-state index contributed by atoms with van der Waals surface area (Å²) in [5, 5.41) is 6.39. The summed E-state index contributed by atoms with van der Waals surface area (Å²) in [7, 11) is 0. The first-order valence-corrected chi connectivity index (χ1v) is 7.19. The molecule has 0 saturated heterocycles. The van der Waals surface area contributed by atoms with Crippen LogP contribution in [-0.2, 0) is 4.79 Å². The normalized spacial score (nSPS) is 20.9. The highest BCUT2D eigenvalue weighted by Crippen LogP contribution is 2.26. The van der Waals surface area contributed by atoms with Gasteiger partial charge in [-0.3, -0.25) is 4.79 Å². The second-order valence-corrected chi connectivity index (χ2v) is 5.37. The average molecular weight is 240 g/mol. The minimum atomic E-state index is -0.0709. The summed E-state index contributed by atoms with van der Waals surface area (Å²) in [6.07, 6.45) is 7.72. The Kier molecular flexibility index (Phi) is 6.56. The van der Waals surface area contributed by atoms with Crippen molar-refractivity contribution in [1.29, 1.82) is 0 Å². The molecule has 0 bridgehead atoms. The summed E-state index contributed by atoms with van der Waals surface area (Å²) in [6, 6.07) is 0.385. The molecule has 1 aliphatic carbocycles. The van der Waals surface area contributed by atoms with E-state index in [9.17, 15) is 4.79 Å². The Morgan fingerprint density at radius 1 is 1.24 bits per heavy atom. The third-order valence-corrected chi connectivity index (χ3v) is 3.81. The van der Waals surface area contributed by atoms with Gasteiger partial charge in [-0.25, -0.2) is 0 Å². The van der Waals surface area contributed by atoms with E-state index in [1.807, 2.05) is 6.92 Å². The minimum absolute atomic E-state index is 0.0709. The van der Waals surface area contributed by atoms with Crippen molar-refractivity contribution >= 4 is 5.91 Å². The van der Waals surface area contributed by atoms with E-state index >= 15 is 0 Å². The van der Waals surface area contributed by atoms with Crippen molar-refractivity contribution in [2.24, 2.45) is 5.92 Å². The van der Waals surface area contributed by atoms with Crippen LogP contribution in [0.25, 0.3) is 0 Å². The summed E-state index contributed by atoms with van der Waals surface area (Å²) >= 11 is 0. The Balaban J connectivity index is 2.28. The number of hydrogen-bond donors (Lipinski definition) is 2. The molecule has 1 saturated carbocycles. The Hall–Kier alpha value is -0.570. The van der Waals surface area contributed by atoms with E-state index in [1.54, 1.807) is 0 Å². The zero-order chi connectivity index (χ0) is 12.7. The van der Waals surface area contributed by atoms with Gasteiger partial charge >= 0.3 is 0 Å². The van der Waals surface area contributed by atoms with Crippen molar-refractivity contribution in [1.82, 2.24) is 10.6 Å². The molecule has 100 valence electrons. The van der Waals surface area contributed by atoms with Gasteiger partial charge in [0.15, 0.2) is 0 Å². The first-order valence-electron chi connectivity index (χ1n) is 7.19.